The maximum absolute atomic E-state index is 13.9. The molecular weight excluding hydrogens is 524 g/mol. The Kier molecular flexibility index (Phi) is 9.11. The predicted molar refractivity (Wildman–Crippen MR) is 143 cm³/mol. The van der Waals surface area contributed by atoms with Crippen LogP contribution in [0, 0.1) is 11.8 Å². The fourth-order valence-electron chi connectivity index (χ4n) is 4.28. The van der Waals surface area contributed by atoms with Crippen molar-refractivity contribution in [3.8, 4) is 11.8 Å². The fourth-order valence-corrected chi connectivity index (χ4v) is 4.28. The summed E-state index contributed by atoms with van der Waals surface area (Å²) in [5.74, 6) is 5.21. The Bertz CT molecular complexity index is 1550. The lowest BCUT2D eigenvalue weighted by Crippen LogP contribution is -2.26. The molecule has 11 heteroatoms. The van der Waals surface area contributed by atoms with Gasteiger partial charge in [0.15, 0.2) is 5.65 Å². The largest absolute Gasteiger partial charge is 0.416 e. The number of rotatable bonds is 9. The van der Waals surface area contributed by atoms with Crippen LogP contribution in [0.5, 0.6) is 0 Å². The molecule has 0 aliphatic heterocycles. The van der Waals surface area contributed by atoms with Gasteiger partial charge in [-0.3, -0.25) is 19.1 Å². The van der Waals surface area contributed by atoms with Gasteiger partial charge in [0.1, 0.15) is 6.67 Å². The first-order valence-electron chi connectivity index (χ1n) is 12.8. The molecule has 0 unspecified atom stereocenters. The second-order valence-electron chi connectivity index (χ2n) is 9.15. The number of carbonyl (C=O) groups is 1. The second kappa shape index (κ2) is 12.7. The van der Waals surface area contributed by atoms with Crippen molar-refractivity contribution in [2.75, 3.05) is 18.4 Å². The first kappa shape index (κ1) is 28.7. The summed E-state index contributed by atoms with van der Waals surface area (Å²) < 4.78 is 57.1. The van der Waals surface area contributed by atoms with E-state index in [2.05, 4.69) is 32.3 Å². The Hall–Kier alpha value is -4.30. The lowest BCUT2D eigenvalue weighted by atomic mass is 10.0. The number of pyridine rings is 2. The number of hydrogen-bond donors (Lipinski definition) is 1. The smallest absolute Gasteiger partial charge is 0.322 e. The minimum atomic E-state index is -4.60. The molecule has 3 aromatic heterocycles. The van der Waals surface area contributed by atoms with E-state index in [9.17, 15) is 22.4 Å². The van der Waals surface area contributed by atoms with Crippen LogP contribution >= 0.6 is 0 Å². The fraction of sp³-hybridized carbons (Fsp3) is 0.310. The molecule has 0 aliphatic rings. The van der Waals surface area contributed by atoms with Gasteiger partial charge in [0.25, 0.3) is 5.91 Å². The summed E-state index contributed by atoms with van der Waals surface area (Å²) in [6.07, 6.45) is -0.0596. The third kappa shape index (κ3) is 6.82. The van der Waals surface area contributed by atoms with E-state index in [1.165, 1.54) is 18.2 Å². The highest BCUT2D eigenvalue weighted by Gasteiger charge is 2.34. The maximum Gasteiger partial charge on any atom is 0.416 e. The summed E-state index contributed by atoms with van der Waals surface area (Å²) in [4.78, 5) is 18.9. The average molecular weight is 553 g/mol. The van der Waals surface area contributed by atoms with Crippen molar-refractivity contribution in [1.82, 2.24) is 24.5 Å². The highest BCUT2D eigenvalue weighted by Crippen LogP contribution is 2.34. The van der Waals surface area contributed by atoms with Gasteiger partial charge >= 0.3 is 6.18 Å². The van der Waals surface area contributed by atoms with Crippen LogP contribution in [-0.2, 0) is 19.4 Å². The average Bonchev–Trinajstić information content (AvgIpc) is 3.35. The Morgan fingerprint density at radius 1 is 1.05 bits per heavy atom. The van der Waals surface area contributed by atoms with E-state index >= 15 is 0 Å². The molecule has 0 fully saturated rings. The number of nitrogens with one attached hydrogen (secondary N) is 1. The Balaban J connectivity index is 1.59. The minimum absolute atomic E-state index is 0.0160. The van der Waals surface area contributed by atoms with Crippen molar-refractivity contribution < 1.29 is 22.4 Å². The topological polar surface area (TPSA) is 75.4 Å². The van der Waals surface area contributed by atoms with Crippen LogP contribution in [0.1, 0.15) is 65.3 Å². The van der Waals surface area contributed by atoms with E-state index in [1.54, 1.807) is 28.8 Å². The molecule has 1 N–H and O–H groups in total. The summed E-state index contributed by atoms with van der Waals surface area (Å²) in [7, 11) is 0. The van der Waals surface area contributed by atoms with Crippen LogP contribution in [0.4, 0.5) is 23.2 Å². The van der Waals surface area contributed by atoms with E-state index in [0.717, 1.165) is 25.1 Å². The van der Waals surface area contributed by atoms with Gasteiger partial charge in [-0.25, -0.2) is 4.39 Å². The standard InChI is InChI=1S/C29H28F4N6O/c1-3-12-38(13-4-2)19-21-8-10-23(16-24(21)29(31,32)33)35-28(40)22-15-20(25(17-30)34-18-22)9-11-27-37-36-26-7-5-6-14-39(26)27/h5-8,10,14-16,18H,3-4,12-13,17,19H2,1-2H3,(H,35,40). The van der Waals surface area contributed by atoms with Gasteiger partial charge in [0.2, 0.25) is 5.82 Å². The van der Waals surface area contributed by atoms with Crippen molar-refractivity contribution in [2.45, 2.75) is 46.1 Å². The minimum Gasteiger partial charge on any atom is -0.322 e. The molecule has 0 saturated heterocycles. The third-order valence-electron chi connectivity index (χ3n) is 6.13. The van der Waals surface area contributed by atoms with E-state index in [4.69, 9.17) is 0 Å². The maximum atomic E-state index is 13.9. The van der Waals surface area contributed by atoms with Gasteiger partial charge in [-0.05, 0) is 67.7 Å². The van der Waals surface area contributed by atoms with Gasteiger partial charge in [-0.2, -0.15) is 13.2 Å². The highest BCUT2D eigenvalue weighted by atomic mass is 19.4. The van der Waals surface area contributed by atoms with Crippen LogP contribution in [0.15, 0.2) is 54.9 Å². The van der Waals surface area contributed by atoms with Crippen LogP contribution in [0.25, 0.3) is 5.65 Å². The molecule has 208 valence electrons. The summed E-state index contributed by atoms with van der Waals surface area (Å²) >= 11 is 0. The number of fused-ring (bicyclic) bond motifs is 1. The van der Waals surface area contributed by atoms with Gasteiger partial charge in [0.05, 0.1) is 22.4 Å². The molecule has 40 heavy (non-hydrogen) atoms. The van der Waals surface area contributed by atoms with E-state index in [1.807, 2.05) is 18.7 Å². The summed E-state index contributed by atoms with van der Waals surface area (Å²) in [6, 6.07) is 10.4. The molecule has 0 spiro atoms. The van der Waals surface area contributed by atoms with Crippen LogP contribution in [0.2, 0.25) is 0 Å². The van der Waals surface area contributed by atoms with Gasteiger partial charge in [-0.15, -0.1) is 10.2 Å². The van der Waals surface area contributed by atoms with E-state index in [0.29, 0.717) is 24.6 Å². The van der Waals surface area contributed by atoms with Crippen molar-refractivity contribution in [2.24, 2.45) is 0 Å². The lowest BCUT2D eigenvalue weighted by molar-refractivity contribution is -0.138. The summed E-state index contributed by atoms with van der Waals surface area (Å²) in [5.41, 5.74) is 0.0845. The molecule has 0 aliphatic carbocycles. The molecule has 0 bridgehead atoms. The zero-order valence-corrected chi connectivity index (χ0v) is 22.1. The predicted octanol–water partition coefficient (Wildman–Crippen LogP) is 5.89. The van der Waals surface area contributed by atoms with Crippen LogP contribution in [-0.4, -0.2) is 43.5 Å². The summed E-state index contributed by atoms with van der Waals surface area (Å²) in [6.45, 7) is 4.57. The molecule has 1 aromatic carbocycles. The van der Waals surface area contributed by atoms with Crippen molar-refractivity contribution in [3.05, 3.63) is 88.6 Å². The zero-order chi connectivity index (χ0) is 28.7. The molecule has 7 nitrogen and oxygen atoms in total. The monoisotopic (exact) mass is 552 g/mol. The second-order valence-corrected chi connectivity index (χ2v) is 9.15. The van der Waals surface area contributed by atoms with E-state index < -0.39 is 24.3 Å². The third-order valence-corrected chi connectivity index (χ3v) is 6.13. The number of alkyl halides is 4. The Labute approximate surface area is 229 Å². The highest BCUT2D eigenvalue weighted by molar-refractivity contribution is 6.04. The molecule has 3 heterocycles. The van der Waals surface area contributed by atoms with Crippen LogP contribution < -0.4 is 5.32 Å². The summed E-state index contributed by atoms with van der Waals surface area (Å²) in [5, 5.41) is 10.5. The number of aromatic nitrogens is 4. The van der Waals surface area contributed by atoms with E-state index in [-0.39, 0.29) is 34.6 Å². The van der Waals surface area contributed by atoms with Crippen molar-refractivity contribution in [3.63, 3.8) is 0 Å². The molecule has 0 atom stereocenters. The molecule has 4 rings (SSSR count). The molecule has 0 saturated carbocycles. The number of carbonyl (C=O) groups excluding carboxylic acids is 1. The number of hydrogen-bond acceptors (Lipinski definition) is 5. The quantitative estimate of drug-likeness (QED) is 0.207. The van der Waals surface area contributed by atoms with Crippen molar-refractivity contribution >= 4 is 17.2 Å². The van der Waals surface area contributed by atoms with Gasteiger partial charge in [-0.1, -0.05) is 31.9 Å². The number of amides is 1. The molecule has 0 radical (unpaired) electrons. The number of anilines is 1. The van der Waals surface area contributed by atoms with Gasteiger partial charge in [0, 0.05) is 24.6 Å². The Morgan fingerprint density at radius 3 is 2.52 bits per heavy atom. The van der Waals surface area contributed by atoms with Crippen molar-refractivity contribution in [1.29, 1.82) is 0 Å². The first-order valence-corrected chi connectivity index (χ1v) is 12.8. The molecule has 1 amide bonds. The normalized spacial score (nSPS) is 11.5. The number of nitrogens with zero attached hydrogens (tertiary/aromatic N) is 5. The SMILES string of the molecule is CCCN(CCC)Cc1ccc(NC(=O)c2cnc(CF)c(C#Cc3nnc4ccccn34)c2)cc1C(F)(F)F. The molecule has 4 aromatic rings. The van der Waals surface area contributed by atoms with Gasteiger partial charge < -0.3 is 5.32 Å². The number of benzene rings is 1. The number of halogens is 4. The lowest BCUT2D eigenvalue weighted by Gasteiger charge is -2.23. The zero-order valence-electron chi connectivity index (χ0n) is 22.1. The van der Waals surface area contributed by atoms with Crippen LogP contribution in [0.3, 0.4) is 0 Å². The first-order chi connectivity index (χ1) is 19.2. The molecular formula is C29H28F4N6O. The Morgan fingerprint density at radius 2 is 1.82 bits per heavy atom.